The van der Waals surface area contributed by atoms with Crippen LogP contribution in [0, 0.1) is 23.7 Å². The Balaban J connectivity index is 1.87. The van der Waals surface area contributed by atoms with Crippen molar-refractivity contribution in [1.29, 1.82) is 0 Å². The molecule has 3 aliphatic rings. The number of rotatable bonds is 0. The van der Waals surface area contributed by atoms with Crippen LogP contribution in [0.1, 0.15) is 25.7 Å². The average molecular weight is 167 g/mol. The lowest BCUT2D eigenvalue weighted by molar-refractivity contribution is 0.0119. The minimum absolute atomic E-state index is 0.0442. The summed E-state index contributed by atoms with van der Waals surface area (Å²) >= 11 is 0. The van der Waals surface area contributed by atoms with Gasteiger partial charge in [0.2, 0.25) is 0 Å². The van der Waals surface area contributed by atoms with E-state index in [1.54, 1.807) is 0 Å². The molecule has 6 atom stereocenters. The Labute approximate surface area is 73.1 Å². The molecule has 0 spiro atoms. The van der Waals surface area contributed by atoms with Crippen LogP contribution in [0.4, 0.5) is 0 Å². The number of hydrogen-bond donors (Lipinski definition) is 2. The van der Waals surface area contributed by atoms with E-state index in [0.717, 1.165) is 30.6 Å². The third-order valence-electron chi connectivity index (χ3n) is 4.45. The fourth-order valence-electron chi connectivity index (χ4n) is 3.93. The molecular formula is C10H17NO. The van der Waals surface area contributed by atoms with Gasteiger partial charge in [0.05, 0.1) is 6.10 Å². The highest BCUT2D eigenvalue weighted by atomic mass is 16.3. The predicted molar refractivity (Wildman–Crippen MR) is 46.4 cm³/mol. The quantitative estimate of drug-likeness (QED) is 0.559. The van der Waals surface area contributed by atoms with E-state index in [0.29, 0.717) is 12.0 Å². The van der Waals surface area contributed by atoms with E-state index in [9.17, 15) is 5.11 Å². The summed E-state index contributed by atoms with van der Waals surface area (Å²) in [5.41, 5.74) is 6.07. The summed E-state index contributed by atoms with van der Waals surface area (Å²) in [5.74, 6) is 3.18. The summed E-state index contributed by atoms with van der Waals surface area (Å²) in [6.07, 6.45) is 4.66. The molecule has 2 nitrogen and oxygen atoms in total. The Morgan fingerprint density at radius 2 is 1.58 bits per heavy atom. The molecule has 2 heteroatoms. The lowest BCUT2D eigenvalue weighted by atomic mass is 9.61. The maximum absolute atomic E-state index is 9.67. The molecular weight excluding hydrogens is 150 g/mol. The highest BCUT2D eigenvalue weighted by Crippen LogP contribution is 2.57. The molecule has 0 aromatic carbocycles. The second-order valence-corrected chi connectivity index (χ2v) is 5.03. The van der Waals surface area contributed by atoms with Crippen molar-refractivity contribution in [3.05, 3.63) is 0 Å². The van der Waals surface area contributed by atoms with Crippen LogP contribution in [0.2, 0.25) is 0 Å². The van der Waals surface area contributed by atoms with Gasteiger partial charge in [-0.1, -0.05) is 0 Å². The number of nitrogens with two attached hydrogens (primary N) is 1. The number of fused-ring (bicyclic) bond motifs is 1. The van der Waals surface area contributed by atoms with Crippen LogP contribution < -0.4 is 5.73 Å². The molecule has 0 radical (unpaired) electrons. The molecule has 0 aliphatic heterocycles. The molecule has 0 aromatic heterocycles. The van der Waals surface area contributed by atoms with Gasteiger partial charge in [0.1, 0.15) is 0 Å². The molecule has 3 N–H and O–H groups in total. The van der Waals surface area contributed by atoms with Crippen molar-refractivity contribution in [2.45, 2.75) is 37.8 Å². The van der Waals surface area contributed by atoms with Gasteiger partial charge in [-0.05, 0) is 49.4 Å². The molecule has 3 aliphatic carbocycles. The number of hydrogen-bond acceptors (Lipinski definition) is 2. The van der Waals surface area contributed by atoms with Crippen LogP contribution in [-0.4, -0.2) is 17.3 Å². The normalized spacial score (nSPS) is 62.5. The molecule has 3 saturated carbocycles. The number of aliphatic hydroxyl groups is 1. The molecule has 0 amide bonds. The van der Waals surface area contributed by atoms with E-state index in [4.69, 9.17) is 5.73 Å². The van der Waals surface area contributed by atoms with Crippen LogP contribution in [0.3, 0.4) is 0 Å². The van der Waals surface area contributed by atoms with E-state index >= 15 is 0 Å². The third-order valence-corrected chi connectivity index (χ3v) is 4.45. The zero-order valence-electron chi connectivity index (χ0n) is 7.32. The zero-order valence-corrected chi connectivity index (χ0v) is 7.32. The van der Waals surface area contributed by atoms with Crippen molar-refractivity contribution in [2.24, 2.45) is 29.4 Å². The van der Waals surface area contributed by atoms with E-state index in [2.05, 4.69) is 0 Å². The fraction of sp³-hybridized carbons (Fsp3) is 1.00. The fourth-order valence-corrected chi connectivity index (χ4v) is 3.93. The predicted octanol–water partition coefficient (Wildman–Crippen LogP) is 0.741. The first-order valence-electron chi connectivity index (χ1n) is 5.19. The van der Waals surface area contributed by atoms with Gasteiger partial charge in [-0.2, -0.15) is 0 Å². The Morgan fingerprint density at radius 3 is 2.42 bits per heavy atom. The van der Waals surface area contributed by atoms with Crippen LogP contribution in [-0.2, 0) is 0 Å². The third kappa shape index (κ3) is 0.775. The van der Waals surface area contributed by atoms with Gasteiger partial charge in [0.15, 0.2) is 0 Å². The lowest BCUT2D eigenvalue weighted by Crippen LogP contribution is -2.55. The average Bonchev–Trinajstić information content (AvgIpc) is 2.31. The van der Waals surface area contributed by atoms with Crippen molar-refractivity contribution < 1.29 is 5.11 Å². The Hall–Kier alpha value is -0.0800. The monoisotopic (exact) mass is 167 g/mol. The van der Waals surface area contributed by atoms with Crippen molar-refractivity contribution in [3.63, 3.8) is 0 Å². The molecule has 0 aromatic rings. The molecule has 68 valence electrons. The Bertz CT molecular complexity index is 204. The minimum Gasteiger partial charge on any atom is -0.393 e. The second kappa shape index (κ2) is 2.24. The van der Waals surface area contributed by atoms with E-state index in [1.165, 1.54) is 12.8 Å². The molecule has 6 unspecified atom stereocenters. The van der Waals surface area contributed by atoms with Gasteiger partial charge in [-0.25, -0.2) is 0 Å². The van der Waals surface area contributed by atoms with Crippen LogP contribution in [0.5, 0.6) is 0 Å². The molecule has 3 rings (SSSR count). The van der Waals surface area contributed by atoms with Gasteiger partial charge in [-0.3, -0.25) is 0 Å². The SMILES string of the molecule is NC1C2CC(O)CC3CC1C2C3. The zero-order chi connectivity index (χ0) is 8.29. The maximum Gasteiger partial charge on any atom is 0.0546 e. The Kier molecular flexibility index (Phi) is 1.37. The van der Waals surface area contributed by atoms with E-state index in [1.807, 2.05) is 0 Å². The highest BCUT2D eigenvalue weighted by molar-refractivity contribution is 5.07. The summed E-state index contributed by atoms with van der Waals surface area (Å²) in [6, 6.07) is 0.426. The van der Waals surface area contributed by atoms with Crippen LogP contribution in [0.15, 0.2) is 0 Å². The minimum atomic E-state index is -0.0442. The van der Waals surface area contributed by atoms with Gasteiger partial charge in [0, 0.05) is 6.04 Å². The molecule has 0 heterocycles. The van der Waals surface area contributed by atoms with Crippen molar-refractivity contribution in [2.75, 3.05) is 0 Å². The summed E-state index contributed by atoms with van der Waals surface area (Å²) in [4.78, 5) is 0. The summed E-state index contributed by atoms with van der Waals surface area (Å²) in [5, 5.41) is 9.67. The van der Waals surface area contributed by atoms with Crippen molar-refractivity contribution in [3.8, 4) is 0 Å². The number of aliphatic hydroxyl groups excluding tert-OH is 1. The molecule has 3 fully saturated rings. The standard InChI is InChI=1S/C10H17NO/c11-10-8-3-5-1-6(12)4-9(10)7(8)2-5/h5-10,12H,1-4,11H2. The molecule has 0 saturated heterocycles. The largest absolute Gasteiger partial charge is 0.393 e. The second-order valence-electron chi connectivity index (χ2n) is 5.03. The van der Waals surface area contributed by atoms with Gasteiger partial charge >= 0.3 is 0 Å². The Morgan fingerprint density at radius 1 is 0.917 bits per heavy atom. The van der Waals surface area contributed by atoms with Crippen LogP contribution >= 0.6 is 0 Å². The van der Waals surface area contributed by atoms with Gasteiger partial charge < -0.3 is 10.8 Å². The smallest absolute Gasteiger partial charge is 0.0546 e. The van der Waals surface area contributed by atoms with E-state index < -0.39 is 0 Å². The van der Waals surface area contributed by atoms with Crippen molar-refractivity contribution in [1.82, 2.24) is 0 Å². The van der Waals surface area contributed by atoms with Gasteiger partial charge in [0.25, 0.3) is 0 Å². The van der Waals surface area contributed by atoms with Crippen molar-refractivity contribution >= 4 is 0 Å². The first kappa shape index (κ1) is 7.34. The lowest BCUT2D eigenvalue weighted by Gasteiger charge is -2.48. The summed E-state index contributed by atoms with van der Waals surface area (Å²) in [6.45, 7) is 0. The van der Waals surface area contributed by atoms with E-state index in [-0.39, 0.29) is 6.10 Å². The first-order valence-corrected chi connectivity index (χ1v) is 5.19. The molecule has 2 bridgehead atoms. The van der Waals surface area contributed by atoms with Crippen LogP contribution in [0.25, 0.3) is 0 Å². The van der Waals surface area contributed by atoms with Gasteiger partial charge in [-0.15, -0.1) is 0 Å². The summed E-state index contributed by atoms with van der Waals surface area (Å²) in [7, 11) is 0. The molecule has 12 heavy (non-hydrogen) atoms. The topological polar surface area (TPSA) is 46.2 Å². The highest BCUT2D eigenvalue weighted by Gasteiger charge is 2.55. The maximum atomic E-state index is 9.67. The first-order chi connectivity index (χ1) is 5.75. The summed E-state index contributed by atoms with van der Waals surface area (Å²) < 4.78 is 0.